The van der Waals surface area contributed by atoms with Gasteiger partial charge >= 0.3 is 12.1 Å². The van der Waals surface area contributed by atoms with Crippen molar-refractivity contribution in [1.82, 2.24) is 0 Å². The van der Waals surface area contributed by atoms with Gasteiger partial charge in [-0.25, -0.2) is 4.39 Å². The number of ether oxygens (including phenoxy) is 1. The van der Waals surface area contributed by atoms with Crippen molar-refractivity contribution in [2.45, 2.75) is 18.1 Å². The van der Waals surface area contributed by atoms with E-state index in [2.05, 4.69) is 4.74 Å². The van der Waals surface area contributed by atoms with Crippen molar-refractivity contribution in [2.75, 3.05) is 7.11 Å². The largest absolute Gasteiger partial charge is 0.494 e. The SMILES string of the molecule is COc1ccc([C@@H](N)C(F)(F)C(F)(F)F)cc1F.Cl. The molecule has 0 saturated heterocycles. The van der Waals surface area contributed by atoms with Gasteiger partial charge in [-0.1, -0.05) is 6.07 Å². The van der Waals surface area contributed by atoms with Crippen LogP contribution in [-0.4, -0.2) is 19.2 Å². The van der Waals surface area contributed by atoms with Crippen LogP contribution in [0.3, 0.4) is 0 Å². The van der Waals surface area contributed by atoms with Crippen molar-refractivity contribution in [2.24, 2.45) is 5.73 Å². The molecule has 1 atom stereocenters. The number of benzene rings is 1. The Balaban J connectivity index is 0.00000324. The summed E-state index contributed by atoms with van der Waals surface area (Å²) < 4.78 is 79.7. The van der Waals surface area contributed by atoms with Crippen LogP contribution < -0.4 is 10.5 Å². The van der Waals surface area contributed by atoms with Crippen molar-refractivity contribution in [3.8, 4) is 5.75 Å². The zero-order chi connectivity index (χ0) is 14.1. The summed E-state index contributed by atoms with van der Waals surface area (Å²) in [5.41, 5.74) is 4.17. The summed E-state index contributed by atoms with van der Waals surface area (Å²) in [7, 11) is 1.13. The number of methoxy groups -OCH3 is 1. The average Bonchev–Trinajstić information content (AvgIpc) is 2.26. The molecule has 1 rings (SSSR count). The van der Waals surface area contributed by atoms with Crippen molar-refractivity contribution in [3.63, 3.8) is 0 Å². The van der Waals surface area contributed by atoms with Crippen LogP contribution in [0, 0.1) is 5.82 Å². The van der Waals surface area contributed by atoms with Crippen LogP contribution >= 0.6 is 12.4 Å². The third kappa shape index (κ3) is 3.44. The van der Waals surface area contributed by atoms with E-state index in [0.29, 0.717) is 6.07 Å². The quantitative estimate of drug-likeness (QED) is 0.868. The normalized spacial score (nSPS) is 13.7. The highest BCUT2D eigenvalue weighted by molar-refractivity contribution is 5.85. The van der Waals surface area contributed by atoms with E-state index in [0.717, 1.165) is 19.2 Å². The summed E-state index contributed by atoms with van der Waals surface area (Å²) in [5.74, 6) is -6.49. The molecule has 2 N–H and O–H groups in total. The van der Waals surface area contributed by atoms with Crippen LogP contribution in [0.5, 0.6) is 5.75 Å². The van der Waals surface area contributed by atoms with Crippen molar-refractivity contribution >= 4 is 12.4 Å². The predicted octanol–water partition coefficient (Wildman–Crippen LogP) is 3.45. The summed E-state index contributed by atoms with van der Waals surface area (Å²) in [5, 5.41) is 0. The van der Waals surface area contributed by atoms with Gasteiger partial charge in [-0.05, 0) is 17.7 Å². The predicted molar refractivity (Wildman–Crippen MR) is 58.1 cm³/mol. The molecule has 0 saturated carbocycles. The smallest absolute Gasteiger partial charge is 0.455 e. The monoisotopic (exact) mass is 309 g/mol. The fourth-order valence-corrected chi connectivity index (χ4v) is 1.26. The highest BCUT2D eigenvalue weighted by atomic mass is 35.5. The molecule has 0 amide bonds. The topological polar surface area (TPSA) is 35.2 Å². The molecule has 0 fully saturated rings. The Labute approximate surface area is 110 Å². The van der Waals surface area contributed by atoms with Gasteiger partial charge in [-0.2, -0.15) is 22.0 Å². The summed E-state index contributed by atoms with van der Waals surface area (Å²) in [4.78, 5) is 0. The van der Waals surface area contributed by atoms with Gasteiger partial charge in [0.15, 0.2) is 11.6 Å². The standard InChI is InChI=1S/C10H9F6NO.ClH/c1-18-7-3-2-5(4-6(7)11)8(17)9(12,13)10(14,15)16;/h2-4,8H,17H2,1H3;1H/t8-;/m1./s1. The van der Waals surface area contributed by atoms with Gasteiger partial charge in [0, 0.05) is 0 Å². The minimum absolute atomic E-state index is 0. The van der Waals surface area contributed by atoms with E-state index in [1.54, 1.807) is 0 Å². The van der Waals surface area contributed by atoms with Gasteiger partial charge in [-0.15, -0.1) is 12.4 Å². The van der Waals surface area contributed by atoms with Gasteiger partial charge in [0.25, 0.3) is 0 Å². The Hall–Kier alpha value is -1.15. The second kappa shape index (κ2) is 5.87. The minimum atomic E-state index is -5.80. The molecule has 0 aliphatic heterocycles. The highest BCUT2D eigenvalue weighted by Gasteiger charge is 2.61. The third-order valence-electron chi connectivity index (χ3n) is 2.30. The van der Waals surface area contributed by atoms with Crippen molar-refractivity contribution in [3.05, 3.63) is 29.6 Å². The number of rotatable bonds is 3. The molecule has 0 aromatic heterocycles. The number of halogens is 7. The molecule has 9 heteroatoms. The molecule has 0 spiro atoms. The summed E-state index contributed by atoms with van der Waals surface area (Å²) in [6, 6.07) is -0.412. The molecule has 110 valence electrons. The van der Waals surface area contributed by atoms with Crippen LogP contribution in [0.15, 0.2) is 18.2 Å². The number of hydrogen-bond acceptors (Lipinski definition) is 2. The lowest BCUT2D eigenvalue weighted by Crippen LogP contribution is -2.45. The Morgan fingerprint density at radius 1 is 1.16 bits per heavy atom. The molecule has 0 bridgehead atoms. The second-order valence-electron chi connectivity index (χ2n) is 3.49. The fourth-order valence-electron chi connectivity index (χ4n) is 1.26. The molecule has 1 aromatic carbocycles. The summed E-state index contributed by atoms with van der Waals surface area (Å²) in [6.07, 6.45) is -5.80. The third-order valence-corrected chi connectivity index (χ3v) is 2.30. The van der Waals surface area contributed by atoms with Crippen LogP contribution in [0.2, 0.25) is 0 Å². The highest BCUT2D eigenvalue weighted by Crippen LogP contribution is 2.43. The maximum Gasteiger partial charge on any atom is 0.455 e. The first-order valence-corrected chi connectivity index (χ1v) is 4.64. The molecule has 19 heavy (non-hydrogen) atoms. The van der Waals surface area contributed by atoms with Crippen molar-refractivity contribution in [1.29, 1.82) is 0 Å². The van der Waals surface area contributed by atoms with Crippen LogP contribution in [0.25, 0.3) is 0 Å². The van der Waals surface area contributed by atoms with E-state index >= 15 is 0 Å². The summed E-state index contributed by atoms with van der Waals surface area (Å²) >= 11 is 0. The van der Waals surface area contributed by atoms with Gasteiger partial charge in [0.2, 0.25) is 0 Å². The first-order chi connectivity index (χ1) is 8.11. The van der Waals surface area contributed by atoms with Crippen LogP contribution in [0.1, 0.15) is 11.6 Å². The van der Waals surface area contributed by atoms with Crippen LogP contribution in [0.4, 0.5) is 26.3 Å². The maximum atomic E-state index is 13.2. The van der Waals surface area contributed by atoms with E-state index in [9.17, 15) is 26.3 Å². The van der Waals surface area contributed by atoms with Crippen molar-refractivity contribution < 1.29 is 31.1 Å². The Morgan fingerprint density at radius 2 is 1.68 bits per heavy atom. The number of hydrogen-bond donors (Lipinski definition) is 1. The molecule has 0 aliphatic rings. The molecule has 0 unspecified atom stereocenters. The molecule has 1 aromatic rings. The molecular formula is C10H10ClF6NO. The fraction of sp³-hybridized carbons (Fsp3) is 0.400. The zero-order valence-corrected chi connectivity index (χ0v) is 10.3. The first kappa shape index (κ1) is 17.8. The molecule has 0 radical (unpaired) electrons. The van der Waals surface area contributed by atoms with Gasteiger partial charge in [-0.3, -0.25) is 0 Å². The molecular weight excluding hydrogens is 300 g/mol. The average molecular weight is 310 g/mol. The number of nitrogens with two attached hydrogens (primary N) is 1. The van der Waals surface area contributed by atoms with E-state index in [-0.39, 0.29) is 18.2 Å². The Kier molecular flexibility index (Phi) is 5.52. The van der Waals surface area contributed by atoms with Gasteiger partial charge in [0.1, 0.15) is 6.04 Å². The lowest BCUT2D eigenvalue weighted by Gasteiger charge is -2.26. The Bertz CT molecular complexity index is 437. The molecule has 0 heterocycles. The van der Waals surface area contributed by atoms with Gasteiger partial charge < -0.3 is 10.5 Å². The van der Waals surface area contributed by atoms with E-state index in [4.69, 9.17) is 5.73 Å². The van der Waals surface area contributed by atoms with E-state index in [1.807, 2.05) is 0 Å². The lowest BCUT2D eigenvalue weighted by atomic mass is 10.0. The van der Waals surface area contributed by atoms with Gasteiger partial charge in [0.05, 0.1) is 7.11 Å². The number of alkyl halides is 5. The maximum absolute atomic E-state index is 13.2. The second-order valence-corrected chi connectivity index (χ2v) is 3.49. The van der Waals surface area contributed by atoms with E-state index in [1.165, 1.54) is 0 Å². The minimum Gasteiger partial charge on any atom is -0.494 e. The molecule has 2 nitrogen and oxygen atoms in total. The van der Waals surface area contributed by atoms with E-state index < -0.39 is 29.5 Å². The lowest BCUT2D eigenvalue weighted by molar-refractivity contribution is -0.291. The first-order valence-electron chi connectivity index (χ1n) is 4.64. The summed E-state index contributed by atoms with van der Waals surface area (Å²) in [6.45, 7) is 0. The Morgan fingerprint density at radius 3 is 2.05 bits per heavy atom. The zero-order valence-electron chi connectivity index (χ0n) is 9.47. The van der Waals surface area contributed by atoms with Crippen LogP contribution in [-0.2, 0) is 0 Å². The molecule has 0 aliphatic carbocycles.